The molecule has 0 aliphatic rings. The van der Waals surface area contributed by atoms with Crippen molar-refractivity contribution in [1.82, 2.24) is 16.0 Å². The number of aromatic hydroxyl groups is 2. The summed E-state index contributed by atoms with van der Waals surface area (Å²) >= 11 is 1.42. The van der Waals surface area contributed by atoms with Crippen LogP contribution < -0.4 is 27.4 Å². The summed E-state index contributed by atoms with van der Waals surface area (Å²) < 4.78 is 0. The zero-order valence-corrected chi connectivity index (χ0v) is 23.2. The van der Waals surface area contributed by atoms with Gasteiger partial charge in [0.1, 0.15) is 29.6 Å². The number of carboxylic acid groups (broad SMARTS) is 1. The second-order valence-electron chi connectivity index (χ2n) is 9.32. The molecule has 0 fully saturated rings. The van der Waals surface area contributed by atoms with E-state index in [1.54, 1.807) is 18.4 Å². The molecule has 41 heavy (non-hydrogen) atoms. The maximum atomic E-state index is 13.4. The molecule has 0 spiro atoms. The van der Waals surface area contributed by atoms with Gasteiger partial charge < -0.3 is 42.7 Å². The van der Waals surface area contributed by atoms with Crippen molar-refractivity contribution in [2.24, 2.45) is 11.5 Å². The van der Waals surface area contributed by atoms with Crippen molar-refractivity contribution in [3.8, 4) is 11.5 Å². The van der Waals surface area contributed by atoms with Gasteiger partial charge in [0.25, 0.3) is 0 Å². The number of nitrogens with two attached hydrogens (primary N) is 2. The summed E-state index contributed by atoms with van der Waals surface area (Å²) in [6, 6.07) is 6.71. The Morgan fingerprint density at radius 2 is 1.20 bits per heavy atom. The van der Waals surface area contributed by atoms with E-state index in [0.717, 1.165) is 0 Å². The first-order valence-electron chi connectivity index (χ1n) is 12.6. The predicted molar refractivity (Wildman–Crippen MR) is 152 cm³/mol. The number of aliphatic carboxylic acids is 1. The smallest absolute Gasteiger partial charge is 0.326 e. The minimum atomic E-state index is -1.36. The number of amides is 4. The van der Waals surface area contributed by atoms with Crippen LogP contribution in [0.15, 0.2) is 48.5 Å². The largest absolute Gasteiger partial charge is 0.508 e. The Morgan fingerprint density at radius 3 is 1.66 bits per heavy atom. The van der Waals surface area contributed by atoms with Gasteiger partial charge in [0.2, 0.25) is 23.6 Å². The molecule has 0 aliphatic carbocycles. The van der Waals surface area contributed by atoms with Crippen molar-refractivity contribution >= 4 is 41.4 Å². The van der Waals surface area contributed by atoms with E-state index in [2.05, 4.69) is 16.0 Å². The molecule has 4 unspecified atom stereocenters. The number of nitrogens with one attached hydrogen (secondary N) is 3. The van der Waals surface area contributed by atoms with Gasteiger partial charge in [0.05, 0.1) is 12.5 Å². The first-order chi connectivity index (χ1) is 19.4. The van der Waals surface area contributed by atoms with Crippen molar-refractivity contribution in [1.29, 1.82) is 0 Å². The van der Waals surface area contributed by atoms with Gasteiger partial charge in [-0.1, -0.05) is 24.3 Å². The first kappa shape index (κ1) is 32.9. The number of carbonyl (C=O) groups is 5. The maximum absolute atomic E-state index is 13.4. The molecule has 4 atom stereocenters. The quantitative estimate of drug-likeness (QED) is 0.123. The number of phenols is 2. The van der Waals surface area contributed by atoms with E-state index < -0.39 is 60.2 Å². The van der Waals surface area contributed by atoms with E-state index >= 15 is 0 Å². The standard InChI is InChI=1S/C27H35N5O8S/c1-41-11-10-20(30-24(36)19(28)14-23(29)35)25(37)31-21(12-15-2-6-17(33)7-3-15)26(38)32-22(27(39)40)13-16-4-8-18(34)9-5-16/h2-9,19-22,33-34H,10-14,28H2,1H3,(H2,29,35)(H,30,36)(H,31,37)(H,32,38)(H,39,40). The summed E-state index contributed by atoms with van der Waals surface area (Å²) in [5.41, 5.74) is 11.9. The molecule has 4 amide bonds. The van der Waals surface area contributed by atoms with Crippen molar-refractivity contribution in [2.75, 3.05) is 12.0 Å². The molecule has 0 aromatic heterocycles. The van der Waals surface area contributed by atoms with E-state index in [1.807, 2.05) is 0 Å². The highest BCUT2D eigenvalue weighted by atomic mass is 32.2. The van der Waals surface area contributed by atoms with Gasteiger partial charge in [-0.05, 0) is 53.8 Å². The molecule has 0 bridgehead atoms. The summed E-state index contributed by atoms with van der Waals surface area (Å²) in [6.45, 7) is 0. The fraction of sp³-hybridized carbons (Fsp3) is 0.370. The average molecular weight is 590 g/mol. The fourth-order valence-electron chi connectivity index (χ4n) is 3.78. The van der Waals surface area contributed by atoms with Crippen LogP contribution in [-0.2, 0) is 36.8 Å². The average Bonchev–Trinajstić information content (AvgIpc) is 2.91. The topological polar surface area (TPSA) is 234 Å². The highest BCUT2D eigenvalue weighted by Gasteiger charge is 2.31. The van der Waals surface area contributed by atoms with Crippen LogP contribution in [0, 0.1) is 0 Å². The normalized spacial score (nSPS) is 13.7. The molecule has 0 radical (unpaired) electrons. The molecule has 2 rings (SSSR count). The number of primary amides is 1. The molecule has 222 valence electrons. The summed E-state index contributed by atoms with van der Waals surface area (Å²) in [6.07, 6.45) is 1.40. The van der Waals surface area contributed by atoms with Crippen LogP contribution in [0.25, 0.3) is 0 Å². The third kappa shape index (κ3) is 11.4. The van der Waals surface area contributed by atoms with Crippen LogP contribution in [0.2, 0.25) is 0 Å². The lowest BCUT2D eigenvalue weighted by Crippen LogP contribution is -2.58. The van der Waals surface area contributed by atoms with Crippen molar-refractivity contribution in [2.45, 2.75) is 49.9 Å². The minimum absolute atomic E-state index is 0.0000335. The van der Waals surface area contributed by atoms with Crippen LogP contribution in [0.1, 0.15) is 24.0 Å². The van der Waals surface area contributed by atoms with Gasteiger partial charge in [-0.15, -0.1) is 0 Å². The van der Waals surface area contributed by atoms with Crippen LogP contribution in [0.3, 0.4) is 0 Å². The van der Waals surface area contributed by atoms with Gasteiger partial charge in [-0.2, -0.15) is 11.8 Å². The number of rotatable bonds is 16. The summed E-state index contributed by atoms with van der Waals surface area (Å²) in [4.78, 5) is 62.3. The Hall–Kier alpha value is -4.30. The van der Waals surface area contributed by atoms with E-state index in [9.17, 15) is 39.3 Å². The molecule has 2 aromatic rings. The highest BCUT2D eigenvalue weighted by Crippen LogP contribution is 2.14. The second kappa shape index (κ2) is 16.1. The number of phenolic OH excluding ortho intramolecular Hbond substituents is 2. The molecule has 2 aromatic carbocycles. The Balaban J connectivity index is 2.26. The van der Waals surface area contributed by atoms with Crippen LogP contribution in [-0.4, -0.2) is 81.1 Å². The van der Waals surface area contributed by atoms with Gasteiger partial charge in [-0.25, -0.2) is 4.79 Å². The molecule has 0 saturated heterocycles. The number of hydrogen-bond acceptors (Lipinski definition) is 9. The fourth-order valence-corrected chi connectivity index (χ4v) is 4.25. The van der Waals surface area contributed by atoms with Gasteiger partial charge in [-0.3, -0.25) is 19.2 Å². The zero-order valence-electron chi connectivity index (χ0n) is 22.4. The Bertz CT molecular complexity index is 1210. The third-order valence-corrected chi connectivity index (χ3v) is 6.65. The molecule has 0 saturated carbocycles. The molecule has 10 N–H and O–H groups in total. The Morgan fingerprint density at radius 1 is 0.756 bits per heavy atom. The molecule has 14 heteroatoms. The highest BCUT2D eigenvalue weighted by molar-refractivity contribution is 7.98. The Labute approximate surface area is 241 Å². The first-order valence-corrected chi connectivity index (χ1v) is 14.0. The van der Waals surface area contributed by atoms with E-state index in [1.165, 1.54) is 48.2 Å². The zero-order chi connectivity index (χ0) is 30.5. The van der Waals surface area contributed by atoms with E-state index in [-0.39, 0.29) is 30.8 Å². The summed E-state index contributed by atoms with van der Waals surface area (Å²) in [5, 5.41) is 36.4. The van der Waals surface area contributed by atoms with Crippen molar-refractivity contribution < 1.29 is 39.3 Å². The second-order valence-corrected chi connectivity index (χ2v) is 10.3. The van der Waals surface area contributed by atoms with Gasteiger partial charge >= 0.3 is 5.97 Å². The predicted octanol–water partition coefficient (Wildman–Crippen LogP) is -0.622. The summed E-state index contributed by atoms with van der Waals surface area (Å²) in [5.74, 6) is -3.93. The number of carbonyl (C=O) groups excluding carboxylic acids is 4. The Kier molecular flexibility index (Phi) is 12.9. The van der Waals surface area contributed by atoms with Crippen molar-refractivity contribution in [3.63, 3.8) is 0 Å². The SMILES string of the molecule is CSCCC(NC(=O)C(N)CC(N)=O)C(=O)NC(Cc1ccc(O)cc1)C(=O)NC(Cc1ccc(O)cc1)C(=O)O. The molecule has 13 nitrogen and oxygen atoms in total. The molecular weight excluding hydrogens is 554 g/mol. The molecule has 0 aliphatic heterocycles. The number of hydrogen-bond donors (Lipinski definition) is 8. The van der Waals surface area contributed by atoms with Crippen LogP contribution >= 0.6 is 11.8 Å². The minimum Gasteiger partial charge on any atom is -0.508 e. The van der Waals surface area contributed by atoms with Gasteiger partial charge in [0, 0.05) is 12.8 Å². The number of benzene rings is 2. The monoisotopic (exact) mass is 589 g/mol. The number of thioether (sulfide) groups is 1. The van der Waals surface area contributed by atoms with E-state index in [4.69, 9.17) is 11.5 Å². The summed E-state index contributed by atoms with van der Waals surface area (Å²) in [7, 11) is 0. The van der Waals surface area contributed by atoms with Gasteiger partial charge in [0.15, 0.2) is 0 Å². The lowest BCUT2D eigenvalue weighted by atomic mass is 10.0. The molecular formula is C27H35N5O8S. The molecule has 0 heterocycles. The number of carboxylic acids is 1. The maximum Gasteiger partial charge on any atom is 0.326 e. The lowest BCUT2D eigenvalue weighted by molar-refractivity contribution is -0.142. The van der Waals surface area contributed by atoms with Crippen molar-refractivity contribution in [3.05, 3.63) is 59.7 Å². The van der Waals surface area contributed by atoms with Crippen LogP contribution in [0.5, 0.6) is 11.5 Å². The third-order valence-electron chi connectivity index (χ3n) is 6.00. The van der Waals surface area contributed by atoms with Crippen LogP contribution in [0.4, 0.5) is 0 Å². The van der Waals surface area contributed by atoms with E-state index in [0.29, 0.717) is 16.9 Å². The lowest BCUT2D eigenvalue weighted by Gasteiger charge is -2.25.